The quantitative estimate of drug-likeness (QED) is 0.711. The molecule has 158 valence electrons. The van der Waals surface area contributed by atoms with E-state index in [0.29, 0.717) is 43.9 Å². The zero-order valence-electron chi connectivity index (χ0n) is 15.8. The highest BCUT2D eigenvalue weighted by molar-refractivity contribution is 6.42. The van der Waals surface area contributed by atoms with E-state index < -0.39 is 23.8 Å². The number of rotatable bonds is 3. The molecule has 1 aromatic carbocycles. The first-order chi connectivity index (χ1) is 14.5. The molecule has 0 radical (unpaired) electrons. The summed E-state index contributed by atoms with van der Waals surface area (Å²) in [5, 5.41) is 2.46. The molecule has 0 aliphatic carbocycles. The molecule has 0 saturated carbocycles. The Morgan fingerprint density at radius 1 is 1.30 bits per heavy atom. The number of halogens is 3. The van der Waals surface area contributed by atoms with Gasteiger partial charge in [-0.1, -0.05) is 23.7 Å². The molecule has 3 heterocycles. The standard InChI is InChI=1S/C20H19ClF2N4O3/c21-16-17(25-23)24-18-13(3-1-7-27(18)20(16)29)12-4-5-14(15(22)11-12)19(28)26-6-2-9-30-10-8-26/h1,3-5,7,11,18,24-25H,2,6,8-10H2. The summed E-state index contributed by atoms with van der Waals surface area (Å²) in [5.74, 6) is -1.93. The molecule has 2 N–H and O–H groups in total. The van der Waals surface area contributed by atoms with Crippen LogP contribution in [0.25, 0.3) is 5.57 Å². The smallest absolute Gasteiger partial charge is 0.275 e. The van der Waals surface area contributed by atoms with E-state index in [-0.39, 0.29) is 16.4 Å². The molecular weight excluding hydrogens is 418 g/mol. The van der Waals surface area contributed by atoms with Crippen molar-refractivity contribution < 1.29 is 23.2 Å². The average molecular weight is 437 g/mol. The lowest BCUT2D eigenvalue weighted by Crippen LogP contribution is -2.53. The minimum absolute atomic E-state index is 0.0359. The number of allylic oxidation sites excluding steroid dienone is 2. The van der Waals surface area contributed by atoms with Crippen LogP contribution in [-0.2, 0) is 9.53 Å². The first kappa shape index (κ1) is 20.4. The predicted octanol–water partition coefficient (Wildman–Crippen LogP) is 2.24. The van der Waals surface area contributed by atoms with E-state index in [0.717, 1.165) is 0 Å². The Kier molecular flexibility index (Phi) is 5.74. The van der Waals surface area contributed by atoms with Crippen molar-refractivity contribution in [2.45, 2.75) is 12.6 Å². The summed E-state index contributed by atoms with van der Waals surface area (Å²) in [4.78, 5) is 28.0. The monoisotopic (exact) mass is 436 g/mol. The third-order valence-corrected chi connectivity index (χ3v) is 5.51. The number of hydrogen-bond donors (Lipinski definition) is 2. The molecular formula is C20H19ClF2N4O3. The number of nitrogens with zero attached hydrogens (tertiary/aromatic N) is 2. The topological polar surface area (TPSA) is 73.9 Å². The van der Waals surface area contributed by atoms with Crippen molar-refractivity contribution in [1.29, 1.82) is 0 Å². The highest BCUT2D eigenvalue weighted by atomic mass is 35.5. The number of fused-ring (bicyclic) bond motifs is 1. The Balaban J connectivity index is 1.61. The van der Waals surface area contributed by atoms with E-state index in [1.807, 2.05) is 0 Å². The lowest BCUT2D eigenvalue weighted by atomic mass is 9.97. The van der Waals surface area contributed by atoms with Crippen LogP contribution in [0, 0.1) is 5.82 Å². The Labute approximate surface area is 176 Å². The van der Waals surface area contributed by atoms with Crippen LogP contribution in [0.3, 0.4) is 0 Å². The summed E-state index contributed by atoms with van der Waals surface area (Å²) in [6, 6.07) is 4.26. The van der Waals surface area contributed by atoms with Crippen LogP contribution in [-0.4, -0.2) is 54.1 Å². The largest absolute Gasteiger partial charge is 0.380 e. The molecule has 30 heavy (non-hydrogen) atoms. The van der Waals surface area contributed by atoms with Gasteiger partial charge in [0.15, 0.2) is 5.82 Å². The molecule has 1 aromatic rings. The van der Waals surface area contributed by atoms with E-state index in [1.165, 1.54) is 28.8 Å². The lowest BCUT2D eigenvalue weighted by Gasteiger charge is -2.38. The fraction of sp³-hybridized carbons (Fsp3) is 0.300. The highest BCUT2D eigenvalue weighted by Gasteiger charge is 2.36. The van der Waals surface area contributed by atoms with Crippen LogP contribution in [0.2, 0.25) is 0 Å². The molecule has 4 rings (SSSR count). The fourth-order valence-corrected chi connectivity index (χ4v) is 3.82. The zero-order chi connectivity index (χ0) is 21.3. The summed E-state index contributed by atoms with van der Waals surface area (Å²) >= 11 is 5.87. The Morgan fingerprint density at radius 2 is 2.13 bits per heavy atom. The number of ether oxygens (including phenoxy) is 1. The molecule has 1 unspecified atom stereocenters. The third-order valence-electron chi connectivity index (χ3n) is 5.15. The summed E-state index contributed by atoms with van der Waals surface area (Å²) in [7, 11) is 0. The van der Waals surface area contributed by atoms with Crippen molar-refractivity contribution in [2.75, 3.05) is 26.3 Å². The average Bonchev–Trinajstić information content (AvgIpc) is 3.05. The minimum atomic E-state index is -0.785. The minimum Gasteiger partial charge on any atom is -0.380 e. The van der Waals surface area contributed by atoms with Gasteiger partial charge in [-0.15, -0.1) is 4.48 Å². The fourth-order valence-electron chi connectivity index (χ4n) is 3.63. The number of nitrogens with one attached hydrogen (secondary N) is 2. The van der Waals surface area contributed by atoms with Gasteiger partial charge in [0.25, 0.3) is 11.8 Å². The second kappa shape index (κ2) is 8.45. The van der Waals surface area contributed by atoms with Crippen molar-refractivity contribution in [1.82, 2.24) is 20.7 Å². The van der Waals surface area contributed by atoms with Gasteiger partial charge in [-0.3, -0.25) is 14.5 Å². The van der Waals surface area contributed by atoms with Crippen LogP contribution in [0.1, 0.15) is 22.3 Å². The molecule has 0 aromatic heterocycles. The maximum Gasteiger partial charge on any atom is 0.275 e. The second-order valence-electron chi connectivity index (χ2n) is 6.96. The highest BCUT2D eigenvalue weighted by Crippen LogP contribution is 2.31. The molecule has 1 saturated heterocycles. The summed E-state index contributed by atoms with van der Waals surface area (Å²) in [5.41, 5.74) is 2.29. The van der Waals surface area contributed by atoms with Gasteiger partial charge in [0.1, 0.15) is 17.0 Å². The van der Waals surface area contributed by atoms with E-state index in [2.05, 4.69) is 5.32 Å². The van der Waals surface area contributed by atoms with Gasteiger partial charge in [0, 0.05) is 31.5 Å². The van der Waals surface area contributed by atoms with Crippen molar-refractivity contribution in [2.24, 2.45) is 0 Å². The second-order valence-corrected chi connectivity index (χ2v) is 7.34. The summed E-state index contributed by atoms with van der Waals surface area (Å²) < 4.78 is 33.3. The number of carbonyl (C=O) groups excluding carboxylic acids is 2. The lowest BCUT2D eigenvalue weighted by molar-refractivity contribution is -0.126. The first-order valence-corrected chi connectivity index (χ1v) is 9.80. The zero-order valence-corrected chi connectivity index (χ0v) is 16.6. The SMILES string of the molecule is O=C(c1ccc(C2=CC=CN3C(=O)C(Cl)=C(NF)NC23)cc1F)N1CCCOCC1. The van der Waals surface area contributed by atoms with Crippen LogP contribution in [0.5, 0.6) is 0 Å². The van der Waals surface area contributed by atoms with Gasteiger partial charge in [-0.25, -0.2) is 9.93 Å². The van der Waals surface area contributed by atoms with Crippen LogP contribution >= 0.6 is 11.6 Å². The summed E-state index contributed by atoms with van der Waals surface area (Å²) in [6.07, 6.45) is 4.70. The van der Waals surface area contributed by atoms with E-state index in [1.54, 1.807) is 23.1 Å². The molecule has 1 atom stereocenters. The van der Waals surface area contributed by atoms with Crippen LogP contribution in [0.15, 0.2) is 47.4 Å². The normalized spacial score (nSPS) is 21.6. The van der Waals surface area contributed by atoms with Gasteiger partial charge in [-0.05, 0) is 30.2 Å². The van der Waals surface area contributed by atoms with Gasteiger partial charge in [0.05, 0.1) is 12.2 Å². The molecule has 0 spiro atoms. The molecule has 3 aliphatic heterocycles. The number of benzene rings is 1. The van der Waals surface area contributed by atoms with Crippen molar-refractivity contribution >= 4 is 29.0 Å². The Morgan fingerprint density at radius 3 is 2.90 bits per heavy atom. The number of carbonyl (C=O) groups is 2. The van der Waals surface area contributed by atoms with E-state index in [9.17, 15) is 18.5 Å². The molecule has 0 bridgehead atoms. The Bertz CT molecular complexity index is 971. The maximum atomic E-state index is 14.9. The molecule has 3 aliphatic rings. The number of hydrogen-bond acceptors (Lipinski definition) is 5. The first-order valence-electron chi connectivity index (χ1n) is 9.42. The maximum absolute atomic E-state index is 14.9. The number of amides is 2. The molecule has 2 amide bonds. The van der Waals surface area contributed by atoms with Crippen LogP contribution < -0.4 is 10.9 Å². The van der Waals surface area contributed by atoms with Gasteiger partial charge in [-0.2, -0.15) is 0 Å². The van der Waals surface area contributed by atoms with Crippen molar-refractivity contribution in [3.8, 4) is 0 Å². The van der Waals surface area contributed by atoms with Gasteiger partial charge in [0.2, 0.25) is 0 Å². The molecule has 10 heteroatoms. The molecule has 1 fully saturated rings. The third kappa shape index (κ3) is 3.66. The van der Waals surface area contributed by atoms with Gasteiger partial charge < -0.3 is 15.0 Å². The molecule has 7 nitrogen and oxygen atoms in total. The van der Waals surface area contributed by atoms with E-state index >= 15 is 0 Å². The predicted molar refractivity (Wildman–Crippen MR) is 106 cm³/mol. The summed E-state index contributed by atoms with van der Waals surface area (Å²) in [6.45, 7) is 1.91. The van der Waals surface area contributed by atoms with Crippen LogP contribution in [0.4, 0.5) is 8.87 Å². The Hall–Kier alpha value is -2.91. The van der Waals surface area contributed by atoms with E-state index in [4.69, 9.17) is 16.3 Å². The van der Waals surface area contributed by atoms with Crippen molar-refractivity contribution in [3.63, 3.8) is 0 Å². The van der Waals surface area contributed by atoms with Gasteiger partial charge >= 0.3 is 0 Å². The van der Waals surface area contributed by atoms with Crippen molar-refractivity contribution in [3.05, 3.63) is 64.3 Å².